The van der Waals surface area contributed by atoms with E-state index < -0.39 is 22.6 Å². The molecule has 4 heterocycles. The van der Waals surface area contributed by atoms with Gasteiger partial charge < -0.3 is 19.6 Å². The van der Waals surface area contributed by atoms with Crippen molar-refractivity contribution in [1.82, 2.24) is 9.80 Å². The monoisotopic (exact) mass is 448 g/mol. The molecule has 1 unspecified atom stereocenters. The molecule has 1 N–H and O–H groups in total. The van der Waals surface area contributed by atoms with Crippen LogP contribution in [0.15, 0.2) is 24.3 Å². The minimum Gasteiger partial charge on any atom is -0.465 e. The lowest BCUT2D eigenvalue weighted by atomic mass is 9.78. The lowest BCUT2D eigenvalue weighted by Gasteiger charge is -2.35. The molecular weight excluding hydrogens is 416 g/mol. The van der Waals surface area contributed by atoms with Gasteiger partial charge in [-0.15, -0.1) is 11.8 Å². The number of hydrogen-bond donors (Lipinski definition) is 1. The minimum absolute atomic E-state index is 0.0867. The number of aliphatic hydroxyl groups excluding tert-OH is 1. The first-order chi connectivity index (χ1) is 15.0. The summed E-state index contributed by atoms with van der Waals surface area (Å²) in [5.74, 6) is -1.95. The summed E-state index contributed by atoms with van der Waals surface area (Å²) in [4.78, 5) is 43.8. The fourth-order valence-electron chi connectivity index (χ4n) is 5.36. The lowest BCUT2D eigenvalue weighted by Crippen LogP contribution is -2.53. The maximum absolute atomic E-state index is 13.7. The Kier molecular flexibility index (Phi) is 6.77. The first kappa shape index (κ1) is 22.4. The average molecular weight is 449 g/mol. The van der Waals surface area contributed by atoms with Gasteiger partial charge in [0.25, 0.3) is 0 Å². The number of carbonyl (C=O) groups is 3. The topological polar surface area (TPSA) is 87.2 Å². The molecule has 0 aromatic rings. The van der Waals surface area contributed by atoms with Gasteiger partial charge in [0, 0.05) is 24.9 Å². The number of β-amino-alcohol motifs (C(OH)–C–C–N with tert-alkyl or cyclic N) is 1. The van der Waals surface area contributed by atoms with Crippen molar-refractivity contribution in [3.05, 3.63) is 24.3 Å². The second-order valence-corrected chi connectivity index (χ2v) is 10.2. The van der Waals surface area contributed by atoms with Crippen molar-refractivity contribution in [3.8, 4) is 0 Å². The summed E-state index contributed by atoms with van der Waals surface area (Å²) in [5.41, 5.74) is 0. The maximum atomic E-state index is 13.7. The highest BCUT2D eigenvalue weighted by Gasteiger charge is 2.70. The maximum Gasteiger partial charge on any atom is 0.311 e. The molecule has 170 valence electrons. The van der Waals surface area contributed by atoms with Crippen LogP contribution in [-0.2, 0) is 19.1 Å². The van der Waals surface area contributed by atoms with E-state index in [4.69, 9.17) is 4.74 Å². The van der Waals surface area contributed by atoms with Crippen LogP contribution < -0.4 is 0 Å². The van der Waals surface area contributed by atoms with Gasteiger partial charge in [0.05, 0.1) is 29.8 Å². The number of unbranched alkanes of at least 4 members (excludes halogenated alkanes) is 1. The number of cyclic esters (lactones) is 1. The Morgan fingerprint density at radius 3 is 2.81 bits per heavy atom. The Bertz CT molecular complexity index is 784. The molecule has 2 fully saturated rings. The van der Waals surface area contributed by atoms with Crippen LogP contribution in [0.25, 0.3) is 0 Å². The van der Waals surface area contributed by atoms with Gasteiger partial charge in [-0.2, -0.15) is 0 Å². The lowest BCUT2D eigenvalue weighted by molar-refractivity contribution is -0.153. The van der Waals surface area contributed by atoms with Crippen LogP contribution in [0.5, 0.6) is 0 Å². The van der Waals surface area contributed by atoms with E-state index in [1.807, 2.05) is 23.1 Å². The molecule has 2 saturated heterocycles. The van der Waals surface area contributed by atoms with Gasteiger partial charge in [-0.05, 0) is 25.7 Å². The van der Waals surface area contributed by atoms with E-state index in [-0.39, 0.29) is 36.2 Å². The molecule has 4 rings (SSSR count). The molecule has 0 aromatic carbocycles. The number of allylic oxidation sites excluding steroid dienone is 1. The Labute approximate surface area is 187 Å². The third-order valence-electron chi connectivity index (χ3n) is 6.81. The first-order valence-corrected chi connectivity index (χ1v) is 12.3. The number of amides is 2. The van der Waals surface area contributed by atoms with Crippen LogP contribution >= 0.6 is 11.8 Å². The quantitative estimate of drug-likeness (QED) is 0.509. The molecule has 2 amide bonds. The summed E-state index contributed by atoms with van der Waals surface area (Å²) in [6, 6.07) is -0.711. The number of ether oxygens (including phenoxy) is 1. The number of carbonyl (C=O) groups excluding carboxylic acids is 3. The van der Waals surface area contributed by atoms with E-state index in [0.717, 1.165) is 32.1 Å². The van der Waals surface area contributed by atoms with Crippen LogP contribution in [-0.4, -0.2) is 81.6 Å². The molecule has 31 heavy (non-hydrogen) atoms. The van der Waals surface area contributed by atoms with Crippen molar-refractivity contribution >= 4 is 29.5 Å². The number of esters is 1. The molecular formula is C23H32N2O5S. The van der Waals surface area contributed by atoms with Crippen molar-refractivity contribution < 1.29 is 24.2 Å². The molecule has 4 aliphatic heterocycles. The van der Waals surface area contributed by atoms with E-state index in [2.05, 4.69) is 13.0 Å². The van der Waals surface area contributed by atoms with Gasteiger partial charge in [0.1, 0.15) is 6.04 Å². The SMILES string of the molecule is CCCCN1CC=C[C@]23S[C@@H]4/C=C\CCCCOC(=O)[C@@H]4[C@H]2C(=O)N(CCO)C3C1=O. The van der Waals surface area contributed by atoms with Crippen molar-refractivity contribution in [2.24, 2.45) is 11.8 Å². The van der Waals surface area contributed by atoms with Crippen LogP contribution in [0.1, 0.15) is 39.0 Å². The predicted molar refractivity (Wildman–Crippen MR) is 118 cm³/mol. The van der Waals surface area contributed by atoms with Crippen LogP contribution in [0.4, 0.5) is 0 Å². The van der Waals surface area contributed by atoms with Gasteiger partial charge in [-0.25, -0.2) is 0 Å². The normalized spacial score (nSPS) is 36.5. The summed E-state index contributed by atoms with van der Waals surface area (Å²) in [5, 5.41) is 9.44. The van der Waals surface area contributed by atoms with Crippen molar-refractivity contribution in [1.29, 1.82) is 0 Å². The van der Waals surface area contributed by atoms with Crippen molar-refractivity contribution in [2.45, 2.75) is 55.1 Å². The van der Waals surface area contributed by atoms with Gasteiger partial charge >= 0.3 is 5.97 Å². The fourth-order valence-corrected chi connectivity index (χ4v) is 7.36. The zero-order valence-electron chi connectivity index (χ0n) is 18.1. The summed E-state index contributed by atoms with van der Waals surface area (Å²) in [7, 11) is 0. The van der Waals surface area contributed by atoms with Gasteiger partial charge in [-0.3, -0.25) is 14.4 Å². The van der Waals surface area contributed by atoms with E-state index in [1.54, 1.807) is 11.8 Å². The molecule has 0 bridgehead atoms. The molecule has 1 spiro atoms. The zero-order valence-corrected chi connectivity index (χ0v) is 18.9. The Hall–Kier alpha value is -1.80. The third-order valence-corrected chi connectivity index (χ3v) is 8.55. The Morgan fingerprint density at radius 1 is 1.19 bits per heavy atom. The van der Waals surface area contributed by atoms with Crippen molar-refractivity contribution in [3.63, 3.8) is 0 Å². The number of thioether (sulfide) groups is 1. The van der Waals surface area contributed by atoms with Gasteiger partial charge in [0.15, 0.2) is 0 Å². The smallest absolute Gasteiger partial charge is 0.311 e. The van der Waals surface area contributed by atoms with Gasteiger partial charge in [-0.1, -0.05) is 37.6 Å². The number of fused-ring (bicyclic) bond motifs is 2. The molecule has 0 radical (unpaired) electrons. The van der Waals surface area contributed by atoms with Gasteiger partial charge in [0.2, 0.25) is 11.8 Å². The van der Waals surface area contributed by atoms with Crippen LogP contribution in [0.3, 0.4) is 0 Å². The second kappa shape index (κ2) is 9.36. The molecule has 5 atom stereocenters. The number of rotatable bonds is 5. The second-order valence-electron chi connectivity index (χ2n) is 8.73. The molecule has 0 aliphatic carbocycles. The highest BCUT2D eigenvalue weighted by Crippen LogP contribution is 2.60. The minimum atomic E-state index is -0.822. The zero-order chi connectivity index (χ0) is 22.0. The Morgan fingerprint density at radius 2 is 2.03 bits per heavy atom. The first-order valence-electron chi connectivity index (χ1n) is 11.4. The molecule has 8 heteroatoms. The molecule has 0 aromatic heterocycles. The summed E-state index contributed by atoms with van der Waals surface area (Å²) >= 11 is 1.55. The number of nitrogens with zero attached hydrogens (tertiary/aromatic N) is 2. The molecule has 7 nitrogen and oxygen atoms in total. The number of hydrogen-bond acceptors (Lipinski definition) is 6. The van der Waals surface area contributed by atoms with Crippen LogP contribution in [0, 0.1) is 11.8 Å². The summed E-state index contributed by atoms with van der Waals surface area (Å²) in [6.45, 7) is 3.45. The van der Waals surface area contributed by atoms with E-state index >= 15 is 0 Å². The molecule has 4 aliphatic rings. The number of likely N-dealkylation sites (tertiary alicyclic amines) is 1. The Balaban J connectivity index is 1.77. The fraction of sp³-hybridized carbons (Fsp3) is 0.696. The van der Waals surface area contributed by atoms with E-state index in [0.29, 0.717) is 19.7 Å². The van der Waals surface area contributed by atoms with Crippen molar-refractivity contribution in [2.75, 3.05) is 32.8 Å². The predicted octanol–water partition coefficient (Wildman–Crippen LogP) is 1.76. The highest BCUT2D eigenvalue weighted by atomic mass is 32.2. The molecule has 0 saturated carbocycles. The highest BCUT2D eigenvalue weighted by molar-refractivity contribution is 8.02. The van der Waals surface area contributed by atoms with Crippen LogP contribution in [0.2, 0.25) is 0 Å². The summed E-state index contributed by atoms with van der Waals surface area (Å²) in [6.07, 6.45) is 12.6. The third kappa shape index (κ3) is 3.82. The average Bonchev–Trinajstić information content (AvgIpc) is 3.13. The van der Waals surface area contributed by atoms with E-state index in [9.17, 15) is 19.5 Å². The summed E-state index contributed by atoms with van der Waals surface area (Å²) < 4.78 is 4.74. The standard InChI is InChI=1S/C23H32N2O5S/c1-2-3-11-24-12-8-10-23-18(20(27)25(13-14-26)19(23)21(24)28)17-16(31-23)9-6-4-5-7-15-30-22(17)29/h6,8-10,16-19,26H,2-5,7,11-15H2,1H3/b9-6-/t16-,17+,18+,19?,23+/m1/s1. The number of aliphatic hydroxyl groups is 1. The largest absolute Gasteiger partial charge is 0.465 e. The van der Waals surface area contributed by atoms with E-state index in [1.165, 1.54) is 4.90 Å².